The number of nitrogens with one attached hydrogen (secondary N) is 1. The second-order valence-electron chi connectivity index (χ2n) is 8.97. The molecule has 0 radical (unpaired) electrons. The molecular weight excluding hydrogens is 522 g/mol. The number of oxime groups is 1. The highest BCUT2D eigenvalue weighted by Crippen LogP contribution is 2.41. The number of nitrogens with two attached hydrogens (primary N) is 1. The van der Waals surface area contributed by atoms with Gasteiger partial charge < -0.3 is 25.4 Å². The molecule has 0 aliphatic carbocycles. The molecule has 1 unspecified atom stereocenters. The van der Waals surface area contributed by atoms with Crippen LogP contribution in [0.1, 0.15) is 39.8 Å². The largest absolute Gasteiger partial charge is 0.427 e. The molecule has 2 aliphatic rings. The molecule has 14 heteroatoms. The number of thiazole rings is 1. The minimum Gasteiger partial charge on any atom is -0.427 e. The number of hydrogen-bond donors (Lipinski definition) is 2. The molecule has 200 valence electrons. The Labute approximate surface area is 222 Å². The number of fused-ring (bicyclic) bond motifs is 1. The third-order valence-electron chi connectivity index (χ3n) is 5.19. The molecule has 2 atom stereocenters. The number of rotatable bonds is 9. The maximum atomic E-state index is 13.1. The zero-order valence-electron chi connectivity index (χ0n) is 21.1. The highest BCUT2D eigenvalue weighted by Gasteiger charge is 2.54. The van der Waals surface area contributed by atoms with Crippen molar-refractivity contribution in [2.45, 2.75) is 45.5 Å². The van der Waals surface area contributed by atoms with E-state index in [0.717, 1.165) is 17.8 Å². The second-order valence-corrected chi connectivity index (χ2v) is 11.0. The minimum absolute atomic E-state index is 0.0498. The molecule has 0 aromatic carbocycles. The van der Waals surface area contributed by atoms with E-state index in [1.807, 2.05) is 13.0 Å². The summed E-state index contributed by atoms with van der Waals surface area (Å²) < 4.78 is 10.2. The molecule has 0 bridgehead atoms. The molecular formula is C23H29N5O7S2. The Balaban J connectivity index is 1.76. The molecule has 37 heavy (non-hydrogen) atoms. The van der Waals surface area contributed by atoms with E-state index in [9.17, 15) is 19.2 Å². The van der Waals surface area contributed by atoms with Crippen LogP contribution in [0.25, 0.3) is 0 Å². The molecule has 2 amide bonds. The Morgan fingerprint density at radius 2 is 2.05 bits per heavy atom. The first-order valence-electron chi connectivity index (χ1n) is 11.3. The van der Waals surface area contributed by atoms with Gasteiger partial charge in [-0.05, 0) is 32.8 Å². The third-order valence-corrected chi connectivity index (χ3v) is 7.16. The fourth-order valence-corrected chi connectivity index (χ4v) is 5.21. The van der Waals surface area contributed by atoms with Gasteiger partial charge in [-0.3, -0.25) is 19.3 Å². The fourth-order valence-electron chi connectivity index (χ4n) is 3.34. The number of carbonyl (C=O) groups excluding carboxylic acids is 4. The van der Waals surface area contributed by atoms with Crippen molar-refractivity contribution in [3.05, 3.63) is 34.5 Å². The van der Waals surface area contributed by atoms with Crippen LogP contribution in [0.15, 0.2) is 34.0 Å². The number of anilines is 1. The molecule has 1 aromatic heterocycles. The highest BCUT2D eigenvalue weighted by molar-refractivity contribution is 8.00. The standard InChI is InChI=1S/C23H29N5O7S2/c1-6-7-8-12-9-36-19-15(26-17(29)14(27-33-5)13-10-37-22(24)25-13)18(30)28(19)16(12)20(31)34-11-35-21(32)23(2,3)4/h7-8,10,15,19H,6,9,11H2,1-5H3,(H2,24,25)(H,26,29)/t15?,19-/m0/s1. The lowest BCUT2D eigenvalue weighted by Crippen LogP contribution is -2.71. The summed E-state index contributed by atoms with van der Waals surface area (Å²) in [6.45, 7) is 6.38. The van der Waals surface area contributed by atoms with E-state index >= 15 is 0 Å². The average Bonchev–Trinajstić information content (AvgIpc) is 3.28. The Morgan fingerprint density at radius 3 is 2.65 bits per heavy atom. The Hall–Kier alpha value is -3.39. The van der Waals surface area contributed by atoms with E-state index in [4.69, 9.17) is 20.0 Å². The molecule has 0 spiro atoms. The summed E-state index contributed by atoms with van der Waals surface area (Å²) in [6.07, 6.45) is 4.34. The first-order valence-corrected chi connectivity index (χ1v) is 13.2. The number of amides is 2. The zero-order valence-corrected chi connectivity index (χ0v) is 22.7. The molecule has 12 nitrogen and oxygen atoms in total. The van der Waals surface area contributed by atoms with E-state index in [1.165, 1.54) is 23.8 Å². The van der Waals surface area contributed by atoms with E-state index in [2.05, 4.69) is 15.5 Å². The number of thioether (sulfide) groups is 1. The number of esters is 2. The summed E-state index contributed by atoms with van der Waals surface area (Å²) in [6, 6.07) is -0.922. The first kappa shape index (κ1) is 28.2. The number of ether oxygens (including phenoxy) is 2. The number of nitrogen functional groups attached to an aromatic ring is 1. The van der Waals surface area contributed by atoms with Crippen LogP contribution >= 0.6 is 23.1 Å². The molecule has 1 fully saturated rings. The van der Waals surface area contributed by atoms with Crippen LogP contribution in [0, 0.1) is 5.41 Å². The number of allylic oxidation sites excluding steroid dienone is 2. The van der Waals surface area contributed by atoms with E-state index in [0.29, 0.717) is 11.3 Å². The van der Waals surface area contributed by atoms with Crippen LogP contribution in [0.5, 0.6) is 0 Å². The van der Waals surface area contributed by atoms with E-state index in [1.54, 1.807) is 32.2 Å². The maximum Gasteiger partial charge on any atom is 0.358 e. The fraction of sp³-hybridized carbons (Fsp3) is 0.478. The number of carbonyl (C=O) groups is 4. The minimum atomic E-state index is -0.922. The van der Waals surface area contributed by atoms with Gasteiger partial charge in [-0.2, -0.15) is 0 Å². The number of hydrogen-bond acceptors (Lipinski definition) is 12. The molecule has 3 rings (SSSR count). The maximum absolute atomic E-state index is 13.1. The first-order chi connectivity index (χ1) is 17.5. The van der Waals surface area contributed by atoms with Gasteiger partial charge in [-0.15, -0.1) is 23.1 Å². The molecule has 3 N–H and O–H groups in total. The topological polar surface area (TPSA) is 163 Å². The van der Waals surface area contributed by atoms with Gasteiger partial charge in [0.15, 0.2) is 10.8 Å². The lowest BCUT2D eigenvalue weighted by atomic mass is 9.98. The van der Waals surface area contributed by atoms with Crippen LogP contribution in [-0.2, 0) is 33.5 Å². The number of nitrogens with zero attached hydrogens (tertiary/aromatic N) is 3. The summed E-state index contributed by atoms with van der Waals surface area (Å²) in [7, 11) is 1.28. The SMILES string of the molecule is CCC=CC1=C(C(=O)OCOC(=O)C(C)(C)C)N2C(=O)C(NC(=O)C(=NOC)c3csc(N)n3)[C@@H]2SC1. The van der Waals surface area contributed by atoms with Gasteiger partial charge in [0, 0.05) is 11.1 Å². The monoisotopic (exact) mass is 551 g/mol. The zero-order chi connectivity index (χ0) is 27.3. The van der Waals surface area contributed by atoms with Gasteiger partial charge in [0.1, 0.15) is 29.9 Å². The smallest absolute Gasteiger partial charge is 0.358 e. The number of β-lactam (4-membered cyclic amide) rings is 1. The van der Waals surface area contributed by atoms with Crippen molar-refractivity contribution in [1.29, 1.82) is 0 Å². The lowest BCUT2D eigenvalue weighted by molar-refractivity contribution is -0.173. The van der Waals surface area contributed by atoms with Crippen molar-refractivity contribution in [2.24, 2.45) is 10.6 Å². The van der Waals surface area contributed by atoms with Crippen LogP contribution < -0.4 is 11.1 Å². The second kappa shape index (κ2) is 11.8. The quantitative estimate of drug-likeness (QED) is 0.152. The summed E-state index contributed by atoms with van der Waals surface area (Å²) in [5.41, 5.74) is 5.61. The van der Waals surface area contributed by atoms with Crippen molar-refractivity contribution in [2.75, 3.05) is 25.4 Å². The molecule has 1 aromatic rings. The summed E-state index contributed by atoms with van der Waals surface area (Å²) in [5, 5.41) is 7.62. The summed E-state index contributed by atoms with van der Waals surface area (Å²) >= 11 is 2.52. The van der Waals surface area contributed by atoms with E-state index < -0.39 is 47.4 Å². The van der Waals surface area contributed by atoms with Gasteiger partial charge in [-0.25, -0.2) is 9.78 Å². The Bertz CT molecular complexity index is 1170. The van der Waals surface area contributed by atoms with Crippen molar-refractivity contribution in [3.8, 4) is 0 Å². The van der Waals surface area contributed by atoms with Crippen LogP contribution in [-0.4, -0.2) is 70.4 Å². The summed E-state index contributed by atoms with van der Waals surface area (Å²) in [5.74, 6) is -2.12. The molecule has 3 heterocycles. The highest BCUT2D eigenvalue weighted by atomic mass is 32.2. The van der Waals surface area contributed by atoms with E-state index in [-0.39, 0.29) is 22.2 Å². The van der Waals surface area contributed by atoms with Crippen molar-refractivity contribution in [3.63, 3.8) is 0 Å². The van der Waals surface area contributed by atoms with Gasteiger partial charge in [0.05, 0.1) is 5.41 Å². The van der Waals surface area contributed by atoms with Crippen molar-refractivity contribution >= 4 is 57.7 Å². The Morgan fingerprint density at radius 1 is 1.32 bits per heavy atom. The van der Waals surface area contributed by atoms with Gasteiger partial charge in [0.2, 0.25) is 6.79 Å². The average molecular weight is 552 g/mol. The third kappa shape index (κ3) is 6.31. The van der Waals surface area contributed by atoms with Gasteiger partial charge in [-0.1, -0.05) is 24.2 Å². The Kier molecular flexibility index (Phi) is 8.97. The lowest BCUT2D eigenvalue weighted by Gasteiger charge is -2.49. The van der Waals surface area contributed by atoms with Gasteiger partial charge in [0.25, 0.3) is 11.8 Å². The molecule has 1 saturated heterocycles. The van der Waals surface area contributed by atoms with Crippen LogP contribution in [0.4, 0.5) is 5.13 Å². The summed E-state index contributed by atoms with van der Waals surface area (Å²) in [4.78, 5) is 61.2. The predicted octanol–water partition coefficient (Wildman–Crippen LogP) is 1.79. The van der Waals surface area contributed by atoms with Crippen molar-refractivity contribution < 1.29 is 33.5 Å². The molecule has 2 aliphatic heterocycles. The van der Waals surface area contributed by atoms with Crippen LogP contribution in [0.2, 0.25) is 0 Å². The number of aromatic nitrogens is 1. The normalized spacial score (nSPS) is 19.9. The van der Waals surface area contributed by atoms with Gasteiger partial charge >= 0.3 is 11.9 Å². The van der Waals surface area contributed by atoms with Crippen molar-refractivity contribution in [1.82, 2.24) is 15.2 Å². The van der Waals surface area contributed by atoms with Crippen LogP contribution in [0.3, 0.4) is 0 Å². The molecule has 0 saturated carbocycles. The predicted molar refractivity (Wildman–Crippen MR) is 138 cm³/mol.